The Balaban J connectivity index is 2.78. The van der Waals surface area contributed by atoms with Crippen molar-refractivity contribution >= 4 is 14.7 Å². The first-order valence-electron chi connectivity index (χ1n) is 5.92. The van der Waals surface area contributed by atoms with Crippen molar-refractivity contribution in [3.8, 4) is 11.8 Å². The molecule has 0 aliphatic carbocycles. The molecule has 1 heterocycles. The number of nitrogens with zero attached hydrogens (tertiary/aromatic N) is 2. The van der Waals surface area contributed by atoms with Crippen LogP contribution in [0.3, 0.4) is 0 Å². The molecule has 0 radical (unpaired) electrons. The second-order valence-corrected chi connectivity index (χ2v) is 5.33. The normalized spacial score (nSPS) is 10.4. The SMILES string of the molecule is Cc1cc(C)c(-n2c(C)cc(C#N)c2P)c(C)c1. The van der Waals surface area contributed by atoms with Crippen molar-refractivity contribution in [2.45, 2.75) is 27.7 Å². The molecule has 1 unspecified atom stereocenters. The number of benzene rings is 1. The van der Waals surface area contributed by atoms with Gasteiger partial charge in [-0.1, -0.05) is 26.9 Å². The summed E-state index contributed by atoms with van der Waals surface area (Å²) in [7, 11) is 2.68. The van der Waals surface area contributed by atoms with Crippen LogP contribution >= 0.6 is 9.24 Å². The van der Waals surface area contributed by atoms with E-state index in [1.54, 1.807) is 0 Å². The largest absolute Gasteiger partial charge is 0.313 e. The zero-order valence-electron chi connectivity index (χ0n) is 11.2. The molecule has 0 aliphatic heterocycles. The van der Waals surface area contributed by atoms with Crippen LogP contribution in [0.1, 0.15) is 27.9 Å². The molecule has 3 heteroatoms. The summed E-state index contributed by atoms with van der Waals surface area (Å²) < 4.78 is 2.15. The third-order valence-electron chi connectivity index (χ3n) is 3.20. The Morgan fingerprint density at radius 1 is 1.06 bits per heavy atom. The molecule has 0 saturated heterocycles. The number of aryl methyl sites for hydroxylation is 4. The zero-order valence-corrected chi connectivity index (χ0v) is 12.4. The van der Waals surface area contributed by atoms with Crippen LogP contribution in [-0.2, 0) is 0 Å². The summed E-state index contributed by atoms with van der Waals surface area (Å²) in [5.74, 6) is 0. The van der Waals surface area contributed by atoms with Gasteiger partial charge in [-0.3, -0.25) is 0 Å². The molecular formula is C15H17N2P. The summed E-state index contributed by atoms with van der Waals surface area (Å²) in [6.45, 7) is 8.37. The third kappa shape index (κ3) is 1.96. The van der Waals surface area contributed by atoms with Gasteiger partial charge in [-0.2, -0.15) is 5.26 Å². The fraction of sp³-hybridized carbons (Fsp3) is 0.267. The fourth-order valence-corrected chi connectivity index (χ4v) is 3.05. The predicted molar refractivity (Wildman–Crippen MR) is 78.8 cm³/mol. The Bertz CT molecular complexity index is 637. The van der Waals surface area contributed by atoms with E-state index in [2.05, 4.69) is 52.8 Å². The number of aromatic nitrogens is 1. The van der Waals surface area contributed by atoms with Gasteiger partial charge in [0.05, 0.1) is 16.7 Å². The smallest absolute Gasteiger partial charge is 0.101 e. The van der Waals surface area contributed by atoms with Crippen molar-refractivity contribution in [3.05, 3.63) is 46.1 Å². The Morgan fingerprint density at radius 3 is 2.06 bits per heavy atom. The van der Waals surface area contributed by atoms with Crippen LogP contribution in [0.4, 0.5) is 0 Å². The number of nitriles is 1. The van der Waals surface area contributed by atoms with Gasteiger partial charge in [0.15, 0.2) is 0 Å². The Hall–Kier alpha value is -1.58. The minimum absolute atomic E-state index is 0.719. The first-order chi connectivity index (χ1) is 8.45. The van der Waals surface area contributed by atoms with E-state index in [0.29, 0.717) is 0 Å². The topological polar surface area (TPSA) is 28.7 Å². The van der Waals surface area contributed by atoms with Crippen LogP contribution in [-0.4, -0.2) is 4.57 Å². The van der Waals surface area contributed by atoms with E-state index in [1.165, 1.54) is 22.4 Å². The highest BCUT2D eigenvalue weighted by molar-refractivity contribution is 7.27. The first kappa shape index (κ1) is 12.9. The average Bonchev–Trinajstić information content (AvgIpc) is 2.55. The molecule has 18 heavy (non-hydrogen) atoms. The van der Waals surface area contributed by atoms with Crippen LogP contribution in [0, 0.1) is 39.0 Å². The van der Waals surface area contributed by atoms with E-state index < -0.39 is 0 Å². The lowest BCUT2D eigenvalue weighted by Gasteiger charge is -2.16. The minimum atomic E-state index is 0.719. The minimum Gasteiger partial charge on any atom is -0.313 e. The van der Waals surface area contributed by atoms with Crippen LogP contribution in [0.25, 0.3) is 5.69 Å². The molecule has 0 bridgehead atoms. The van der Waals surface area contributed by atoms with Gasteiger partial charge in [0.1, 0.15) is 6.07 Å². The van der Waals surface area contributed by atoms with Crippen LogP contribution < -0.4 is 5.44 Å². The molecule has 0 saturated carbocycles. The fourth-order valence-electron chi connectivity index (χ4n) is 2.57. The van der Waals surface area contributed by atoms with Crippen molar-refractivity contribution in [2.75, 3.05) is 0 Å². The Morgan fingerprint density at radius 2 is 1.61 bits per heavy atom. The lowest BCUT2D eigenvalue weighted by Crippen LogP contribution is -2.13. The van der Waals surface area contributed by atoms with Gasteiger partial charge in [-0.05, 0) is 44.9 Å². The van der Waals surface area contributed by atoms with E-state index in [-0.39, 0.29) is 0 Å². The number of hydrogen-bond acceptors (Lipinski definition) is 1. The van der Waals surface area contributed by atoms with Gasteiger partial charge in [-0.15, -0.1) is 0 Å². The van der Waals surface area contributed by atoms with E-state index in [9.17, 15) is 0 Å². The van der Waals surface area contributed by atoms with Crippen molar-refractivity contribution in [2.24, 2.45) is 0 Å². The molecule has 0 fully saturated rings. The second kappa shape index (κ2) is 4.59. The molecule has 0 aliphatic rings. The highest BCUT2D eigenvalue weighted by atomic mass is 31.0. The van der Waals surface area contributed by atoms with Gasteiger partial charge in [0.2, 0.25) is 0 Å². The summed E-state index contributed by atoms with van der Waals surface area (Å²) in [5.41, 5.74) is 7.67. The van der Waals surface area contributed by atoms with Crippen molar-refractivity contribution < 1.29 is 0 Å². The molecule has 2 aromatic rings. The molecule has 92 valence electrons. The third-order valence-corrected chi connectivity index (χ3v) is 3.77. The van der Waals surface area contributed by atoms with E-state index in [0.717, 1.165) is 16.7 Å². The summed E-state index contributed by atoms with van der Waals surface area (Å²) in [5, 5.41) is 9.11. The molecule has 2 nitrogen and oxygen atoms in total. The highest BCUT2D eigenvalue weighted by Gasteiger charge is 2.14. The van der Waals surface area contributed by atoms with Crippen LogP contribution in [0.5, 0.6) is 0 Å². The predicted octanol–water partition coefficient (Wildman–Crippen LogP) is 3.08. The lowest BCUT2D eigenvalue weighted by atomic mass is 10.0. The maximum Gasteiger partial charge on any atom is 0.101 e. The molecule has 1 aromatic heterocycles. The molecule has 2 rings (SSSR count). The van der Waals surface area contributed by atoms with Crippen LogP contribution in [0.2, 0.25) is 0 Å². The van der Waals surface area contributed by atoms with E-state index in [4.69, 9.17) is 5.26 Å². The van der Waals surface area contributed by atoms with Gasteiger partial charge in [0, 0.05) is 5.69 Å². The molecule has 0 amide bonds. The molecule has 0 spiro atoms. The van der Waals surface area contributed by atoms with E-state index >= 15 is 0 Å². The van der Waals surface area contributed by atoms with Crippen molar-refractivity contribution in [3.63, 3.8) is 0 Å². The summed E-state index contributed by atoms with van der Waals surface area (Å²) in [6.07, 6.45) is 0. The number of rotatable bonds is 1. The molecular weight excluding hydrogens is 239 g/mol. The van der Waals surface area contributed by atoms with E-state index in [1.807, 2.05) is 13.0 Å². The highest BCUT2D eigenvalue weighted by Crippen LogP contribution is 2.24. The molecule has 1 atom stereocenters. The monoisotopic (exact) mass is 256 g/mol. The maximum absolute atomic E-state index is 9.11. The first-order valence-corrected chi connectivity index (χ1v) is 6.49. The van der Waals surface area contributed by atoms with Crippen LogP contribution in [0.15, 0.2) is 18.2 Å². The average molecular weight is 256 g/mol. The quantitative estimate of drug-likeness (QED) is 0.721. The summed E-state index contributed by atoms with van der Waals surface area (Å²) >= 11 is 0. The van der Waals surface area contributed by atoms with Crippen molar-refractivity contribution in [1.82, 2.24) is 4.57 Å². The molecule has 1 aromatic carbocycles. The van der Waals surface area contributed by atoms with Gasteiger partial charge < -0.3 is 4.57 Å². The Kier molecular flexibility index (Phi) is 3.28. The summed E-state index contributed by atoms with van der Waals surface area (Å²) in [4.78, 5) is 0. The van der Waals surface area contributed by atoms with Crippen molar-refractivity contribution in [1.29, 1.82) is 5.26 Å². The maximum atomic E-state index is 9.11. The van der Waals surface area contributed by atoms with Gasteiger partial charge >= 0.3 is 0 Å². The van der Waals surface area contributed by atoms with Gasteiger partial charge in [-0.25, -0.2) is 0 Å². The Labute approximate surface area is 110 Å². The second-order valence-electron chi connectivity index (χ2n) is 4.78. The van der Waals surface area contributed by atoms with Gasteiger partial charge in [0.25, 0.3) is 0 Å². The molecule has 0 N–H and O–H groups in total. The zero-order chi connectivity index (χ0) is 13.4. The number of hydrogen-bond donors (Lipinski definition) is 0. The lowest BCUT2D eigenvalue weighted by molar-refractivity contribution is 1.01. The standard InChI is InChI=1S/C15H17N2P/c1-9-5-10(2)14(11(3)6-9)17-12(4)7-13(8-16)15(17)18/h5-7H,18H2,1-4H3. The summed E-state index contributed by atoms with van der Waals surface area (Å²) in [6, 6.07) is 8.52.